The molecule has 1 unspecified atom stereocenters. The second kappa shape index (κ2) is 6.38. The molecule has 0 fully saturated rings. The van der Waals surface area contributed by atoms with Crippen molar-refractivity contribution in [3.8, 4) is 0 Å². The first kappa shape index (κ1) is 17.0. The van der Waals surface area contributed by atoms with E-state index in [1.54, 1.807) is 17.4 Å². The molecule has 0 aliphatic rings. The van der Waals surface area contributed by atoms with Gasteiger partial charge in [0.2, 0.25) is 10.0 Å². The van der Waals surface area contributed by atoms with Crippen LogP contribution in [0.3, 0.4) is 0 Å². The normalized spacial score (nSPS) is 13.4. The van der Waals surface area contributed by atoms with Crippen molar-refractivity contribution in [3.05, 3.63) is 49.1 Å². The summed E-state index contributed by atoms with van der Waals surface area (Å²) in [5.74, 6) is 0. The fourth-order valence-corrected chi connectivity index (χ4v) is 5.01. The van der Waals surface area contributed by atoms with Gasteiger partial charge in [-0.1, -0.05) is 11.6 Å². The van der Waals surface area contributed by atoms with Gasteiger partial charge >= 0.3 is 0 Å². The van der Waals surface area contributed by atoms with Crippen molar-refractivity contribution in [3.63, 3.8) is 0 Å². The molecule has 1 atom stereocenters. The SMILES string of the molecule is Cc1cc(C(C)NS(=O)(=O)c2ccc(Cl)c(Br)c2)c(C)s1. The Bertz CT molecular complexity index is 771. The van der Waals surface area contributed by atoms with Crippen LogP contribution in [0.1, 0.15) is 28.3 Å². The molecule has 2 aromatic rings. The third kappa shape index (κ3) is 3.87. The van der Waals surface area contributed by atoms with Crippen LogP contribution in [0.25, 0.3) is 0 Å². The summed E-state index contributed by atoms with van der Waals surface area (Å²) in [6.45, 7) is 5.85. The highest BCUT2D eigenvalue weighted by atomic mass is 79.9. The number of rotatable bonds is 4. The number of hydrogen-bond acceptors (Lipinski definition) is 3. The molecule has 1 heterocycles. The van der Waals surface area contributed by atoms with E-state index in [2.05, 4.69) is 20.7 Å². The van der Waals surface area contributed by atoms with E-state index in [1.807, 2.05) is 26.8 Å². The molecular weight excluding hydrogens is 394 g/mol. The monoisotopic (exact) mass is 407 g/mol. The maximum Gasteiger partial charge on any atom is 0.241 e. The molecule has 21 heavy (non-hydrogen) atoms. The lowest BCUT2D eigenvalue weighted by Gasteiger charge is -2.14. The Hall–Kier alpha value is -0.400. The molecule has 0 aliphatic carbocycles. The molecule has 3 nitrogen and oxygen atoms in total. The van der Waals surface area contributed by atoms with E-state index >= 15 is 0 Å². The molecule has 0 aliphatic heterocycles. The van der Waals surface area contributed by atoms with Crippen LogP contribution in [0.15, 0.2) is 33.6 Å². The lowest BCUT2D eigenvalue weighted by Crippen LogP contribution is -2.27. The number of thiophene rings is 1. The van der Waals surface area contributed by atoms with Crippen LogP contribution in [0.2, 0.25) is 5.02 Å². The van der Waals surface area contributed by atoms with Crippen molar-refractivity contribution in [2.24, 2.45) is 0 Å². The maximum absolute atomic E-state index is 12.4. The van der Waals surface area contributed by atoms with Gasteiger partial charge in [-0.25, -0.2) is 13.1 Å². The van der Waals surface area contributed by atoms with Crippen LogP contribution >= 0.6 is 38.9 Å². The van der Waals surface area contributed by atoms with Crippen molar-refractivity contribution in [1.82, 2.24) is 4.72 Å². The molecule has 2 rings (SSSR count). The Labute approximate surface area is 142 Å². The third-order valence-corrected chi connectivity index (χ3v) is 6.81. The van der Waals surface area contributed by atoms with E-state index in [1.165, 1.54) is 17.0 Å². The Morgan fingerprint density at radius 3 is 2.48 bits per heavy atom. The minimum atomic E-state index is -3.59. The zero-order valence-electron chi connectivity index (χ0n) is 11.8. The van der Waals surface area contributed by atoms with Gasteiger partial charge in [0.15, 0.2) is 0 Å². The molecule has 0 bridgehead atoms. The molecule has 0 radical (unpaired) electrons. The predicted octanol–water partition coefficient (Wildman–Crippen LogP) is 4.82. The summed E-state index contributed by atoms with van der Waals surface area (Å²) in [6, 6.07) is 6.29. The van der Waals surface area contributed by atoms with Crippen LogP contribution in [0.4, 0.5) is 0 Å². The van der Waals surface area contributed by atoms with Crippen molar-refractivity contribution in [1.29, 1.82) is 0 Å². The lowest BCUT2D eigenvalue weighted by molar-refractivity contribution is 0.567. The highest BCUT2D eigenvalue weighted by Crippen LogP contribution is 2.29. The Kier molecular flexibility index (Phi) is 5.15. The summed E-state index contributed by atoms with van der Waals surface area (Å²) >= 11 is 10.8. The molecule has 0 amide bonds. The second-order valence-corrected chi connectivity index (χ2v) is 9.22. The van der Waals surface area contributed by atoms with Crippen LogP contribution in [-0.4, -0.2) is 8.42 Å². The van der Waals surface area contributed by atoms with Gasteiger partial charge in [-0.05, 0) is 66.5 Å². The van der Waals surface area contributed by atoms with Crippen LogP contribution < -0.4 is 4.72 Å². The van der Waals surface area contributed by atoms with Gasteiger partial charge in [-0.3, -0.25) is 0 Å². The Morgan fingerprint density at radius 1 is 1.29 bits per heavy atom. The van der Waals surface area contributed by atoms with Crippen LogP contribution in [0.5, 0.6) is 0 Å². The van der Waals surface area contributed by atoms with Crippen molar-refractivity contribution < 1.29 is 8.42 Å². The largest absolute Gasteiger partial charge is 0.241 e. The minimum absolute atomic E-state index is 0.190. The Morgan fingerprint density at radius 2 is 1.95 bits per heavy atom. The number of nitrogens with one attached hydrogen (secondary N) is 1. The summed E-state index contributed by atoms with van der Waals surface area (Å²) in [5.41, 5.74) is 1.01. The molecule has 0 saturated heterocycles. The molecule has 1 N–H and O–H groups in total. The second-order valence-electron chi connectivity index (χ2n) is 4.79. The smallest absolute Gasteiger partial charge is 0.207 e. The maximum atomic E-state index is 12.4. The summed E-state index contributed by atoms with van der Waals surface area (Å²) in [5, 5.41) is 0.478. The first-order chi connectivity index (χ1) is 9.70. The first-order valence-electron chi connectivity index (χ1n) is 6.25. The van der Waals surface area contributed by atoms with E-state index in [0.717, 1.165) is 10.4 Å². The van der Waals surface area contributed by atoms with Crippen LogP contribution in [-0.2, 0) is 10.0 Å². The topological polar surface area (TPSA) is 46.2 Å². The van der Waals surface area contributed by atoms with E-state index in [9.17, 15) is 8.42 Å². The first-order valence-corrected chi connectivity index (χ1v) is 9.72. The highest BCUT2D eigenvalue weighted by molar-refractivity contribution is 9.10. The van der Waals surface area contributed by atoms with Gasteiger partial charge < -0.3 is 0 Å². The summed E-state index contributed by atoms with van der Waals surface area (Å²) in [4.78, 5) is 2.48. The molecule has 7 heteroatoms. The molecule has 0 spiro atoms. The molecule has 114 valence electrons. The van der Waals surface area contributed by atoms with Crippen LogP contribution in [0, 0.1) is 13.8 Å². The molecular formula is C14H15BrClNO2S2. The van der Waals surface area contributed by atoms with Gasteiger partial charge in [0.05, 0.1) is 9.92 Å². The Balaban J connectivity index is 2.28. The molecule has 1 aromatic carbocycles. The van der Waals surface area contributed by atoms with E-state index < -0.39 is 10.0 Å². The number of aryl methyl sites for hydroxylation is 2. The number of halogens is 2. The van der Waals surface area contributed by atoms with Crippen molar-refractivity contribution in [2.75, 3.05) is 0 Å². The average Bonchev–Trinajstić information content (AvgIpc) is 2.71. The fraction of sp³-hybridized carbons (Fsp3) is 0.286. The summed E-state index contributed by atoms with van der Waals surface area (Å²) in [7, 11) is -3.59. The van der Waals surface area contributed by atoms with E-state index in [4.69, 9.17) is 11.6 Å². The van der Waals surface area contributed by atoms with Gasteiger partial charge in [0.25, 0.3) is 0 Å². The number of sulfonamides is 1. The van der Waals surface area contributed by atoms with E-state index in [-0.39, 0.29) is 10.9 Å². The third-order valence-electron chi connectivity index (χ3n) is 3.08. The lowest BCUT2D eigenvalue weighted by atomic mass is 10.1. The number of hydrogen-bond donors (Lipinski definition) is 1. The zero-order chi connectivity index (χ0) is 15.8. The van der Waals surface area contributed by atoms with Gasteiger partial charge in [0, 0.05) is 20.3 Å². The van der Waals surface area contributed by atoms with Crippen molar-refractivity contribution >= 4 is 48.9 Å². The molecule has 0 saturated carbocycles. The van der Waals surface area contributed by atoms with Crippen molar-refractivity contribution in [2.45, 2.75) is 31.7 Å². The standard InChI is InChI=1S/C14H15BrClNO2S2/c1-8-6-12(10(3)20-8)9(2)17-21(18,19)11-4-5-14(16)13(15)7-11/h4-7,9,17H,1-3H3. The number of benzene rings is 1. The fourth-order valence-electron chi connectivity index (χ4n) is 2.09. The zero-order valence-corrected chi connectivity index (χ0v) is 15.8. The highest BCUT2D eigenvalue weighted by Gasteiger charge is 2.21. The molecule has 1 aromatic heterocycles. The minimum Gasteiger partial charge on any atom is -0.207 e. The summed E-state index contributed by atoms with van der Waals surface area (Å²) < 4.78 is 28.1. The van der Waals surface area contributed by atoms with Gasteiger partial charge in [-0.2, -0.15) is 0 Å². The average molecular weight is 409 g/mol. The van der Waals surface area contributed by atoms with Gasteiger partial charge in [0.1, 0.15) is 0 Å². The van der Waals surface area contributed by atoms with E-state index in [0.29, 0.717) is 9.50 Å². The summed E-state index contributed by atoms with van der Waals surface area (Å²) in [6.07, 6.45) is 0. The predicted molar refractivity (Wildman–Crippen MR) is 91.7 cm³/mol. The quantitative estimate of drug-likeness (QED) is 0.788. The van der Waals surface area contributed by atoms with Gasteiger partial charge in [-0.15, -0.1) is 11.3 Å².